The van der Waals surface area contributed by atoms with Crippen LogP contribution in [0, 0.1) is 0 Å². The van der Waals surface area contributed by atoms with Crippen molar-refractivity contribution in [2.45, 2.75) is 0 Å². The molecule has 1 heteroatoms. The van der Waals surface area contributed by atoms with Crippen LogP contribution in [0.25, 0.3) is 62.4 Å². The molecule has 0 bridgehead atoms. The van der Waals surface area contributed by atoms with E-state index in [-0.39, 0.29) is 0 Å². The normalized spacial score (nSPS) is 12.3. The summed E-state index contributed by atoms with van der Waals surface area (Å²) in [7, 11) is 0. The van der Waals surface area contributed by atoms with Gasteiger partial charge < -0.3 is 0 Å². The van der Waals surface area contributed by atoms with Gasteiger partial charge in [0.2, 0.25) is 0 Å². The van der Waals surface area contributed by atoms with Crippen LogP contribution in [0.2, 0.25) is 0 Å². The maximum atomic E-state index is 2.45. The third-order valence-electron chi connectivity index (χ3n) is 6.07. The van der Waals surface area contributed by atoms with E-state index in [4.69, 9.17) is 0 Å². The quantitative estimate of drug-likeness (QED) is 0.137. The Bertz CT molecular complexity index is 1700. The van der Waals surface area contributed by atoms with Gasteiger partial charge in [0.15, 0.2) is 0 Å². The Labute approximate surface area is 167 Å². The SMILES string of the molecule is c1ccc2[se+]c3c(cc2c1)cc1c2cccc4cccc(c5cccc3c51)c42. The molecule has 0 saturated carbocycles. The van der Waals surface area contributed by atoms with Gasteiger partial charge in [-0.3, -0.25) is 0 Å². The minimum atomic E-state index is 0.334. The zero-order valence-electron chi connectivity index (χ0n) is 15.1. The molecule has 7 aromatic rings. The van der Waals surface area contributed by atoms with Gasteiger partial charge in [-0.25, -0.2) is 0 Å². The monoisotopic (exact) mass is 419 g/mol. The van der Waals surface area contributed by atoms with Gasteiger partial charge in [0.05, 0.1) is 0 Å². The van der Waals surface area contributed by atoms with Crippen LogP contribution in [0.3, 0.4) is 0 Å². The molecule has 0 nitrogen and oxygen atoms in total. The van der Waals surface area contributed by atoms with E-state index in [1.165, 1.54) is 62.4 Å². The van der Waals surface area contributed by atoms with Crippen molar-refractivity contribution in [1.82, 2.24) is 0 Å². The van der Waals surface area contributed by atoms with Crippen molar-refractivity contribution in [3.63, 3.8) is 0 Å². The first kappa shape index (κ1) is 15.0. The Hall–Kier alpha value is -2.99. The average molecular weight is 418 g/mol. The molecule has 0 fully saturated rings. The fourth-order valence-corrected chi connectivity index (χ4v) is 7.26. The molecule has 28 heavy (non-hydrogen) atoms. The van der Waals surface area contributed by atoms with Crippen LogP contribution in [0.1, 0.15) is 0 Å². The summed E-state index contributed by atoms with van der Waals surface area (Å²) >= 11 is 0.334. The summed E-state index contributed by atoms with van der Waals surface area (Å²) in [5.74, 6) is 0. The van der Waals surface area contributed by atoms with Gasteiger partial charge in [-0.05, 0) is 0 Å². The predicted molar refractivity (Wildman–Crippen MR) is 124 cm³/mol. The van der Waals surface area contributed by atoms with Crippen LogP contribution < -0.4 is 0 Å². The van der Waals surface area contributed by atoms with Crippen LogP contribution in [-0.2, 0) is 0 Å². The minimum absolute atomic E-state index is 0.334. The van der Waals surface area contributed by atoms with Crippen molar-refractivity contribution in [3.8, 4) is 0 Å². The van der Waals surface area contributed by atoms with Crippen LogP contribution in [-0.4, -0.2) is 14.5 Å². The van der Waals surface area contributed by atoms with Gasteiger partial charge in [-0.2, -0.15) is 0 Å². The summed E-state index contributed by atoms with van der Waals surface area (Å²) in [5.41, 5.74) is 0. The first-order valence-corrected chi connectivity index (χ1v) is 11.3. The number of rotatable bonds is 0. The molecule has 0 aliphatic heterocycles. The van der Waals surface area contributed by atoms with Crippen molar-refractivity contribution in [2.24, 2.45) is 0 Å². The Balaban J connectivity index is 1.86. The Morgan fingerprint density at radius 1 is 0.429 bits per heavy atom. The van der Waals surface area contributed by atoms with E-state index in [0.29, 0.717) is 14.5 Å². The molecule has 0 aliphatic rings. The molecule has 0 amide bonds. The standard InChI is InChI=1S/C27H15Se/c1-2-13-24-17(6-1)14-18-15-23-21-10-4-8-16-7-3-9-19(25(16)21)20-11-5-12-22(26(20)23)27(18)28-24/h1-15H/q+1. The van der Waals surface area contributed by atoms with Crippen molar-refractivity contribution in [3.05, 3.63) is 91.0 Å². The van der Waals surface area contributed by atoms with Crippen molar-refractivity contribution < 1.29 is 0 Å². The molecule has 0 radical (unpaired) electrons. The molecular formula is C27H15Se+. The number of hydrogen-bond acceptors (Lipinski definition) is 0. The van der Waals surface area contributed by atoms with Crippen molar-refractivity contribution in [2.75, 3.05) is 0 Å². The van der Waals surface area contributed by atoms with Gasteiger partial charge in [0.25, 0.3) is 0 Å². The molecule has 128 valence electrons. The van der Waals surface area contributed by atoms with Crippen LogP contribution in [0.5, 0.6) is 0 Å². The second-order valence-corrected chi connectivity index (χ2v) is 9.77. The molecule has 0 atom stereocenters. The first-order chi connectivity index (χ1) is 13.9. The summed E-state index contributed by atoms with van der Waals surface area (Å²) in [5, 5.41) is 13.9. The third-order valence-corrected chi connectivity index (χ3v) is 8.69. The number of benzene rings is 6. The summed E-state index contributed by atoms with van der Waals surface area (Å²) in [6, 6.07) is 34.0. The van der Waals surface area contributed by atoms with E-state index in [0.717, 1.165) is 0 Å². The summed E-state index contributed by atoms with van der Waals surface area (Å²) in [6.07, 6.45) is 0. The predicted octanol–water partition coefficient (Wildman–Crippen LogP) is 7.38. The molecule has 0 spiro atoms. The van der Waals surface area contributed by atoms with Crippen LogP contribution in [0.15, 0.2) is 91.0 Å². The van der Waals surface area contributed by atoms with E-state index < -0.39 is 0 Å². The fraction of sp³-hybridized carbons (Fsp3) is 0. The summed E-state index contributed by atoms with van der Waals surface area (Å²) in [6.45, 7) is 0. The summed E-state index contributed by atoms with van der Waals surface area (Å²) in [4.78, 5) is 0. The molecule has 0 saturated heterocycles. The van der Waals surface area contributed by atoms with E-state index in [1.54, 1.807) is 0 Å². The van der Waals surface area contributed by atoms with Crippen molar-refractivity contribution in [1.29, 1.82) is 0 Å². The second-order valence-electron chi connectivity index (χ2n) is 7.56. The van der Waals surface area contributed by atoms with Crippen molar-refractivity contribution >= 4 is 76.9 Å². The van der Waals surface area contributed by atoms with Crippen LogP contribution in [0.4, 0.5) is 0 Å². The van der Waals surface area contributed by atoms with E-state index in [2.05, 4.69) is 91.0 Å². The number of hydrogen-bond donors (Lipinski definition) is 0. The van der Waals surface area contributed by atoms with Gasteiger partial charge in [-0.1, -0.05) is 0 Å². The second kappa shape index (κ2) is 5.29. The topological polar surface area (TPSA) is 0 Å². The van der Waals surface area contributed by atoms with Gasteiger partial charge in [-0.15, -0.1) is 0 Å². The Kier molecular flexibility index (Phi) is 2.83. The molecular weight excluding hydrogens is 403 g/mol. The van der Waals surface area contributed by atoms with E-state index >= 15 is 0 Å². The molecule has 7 rings (SSSR count). The zero-order chi connectivity index (χ0) is 18.2. The molecule has 1 heterocycles. The van der Waals surface area contributed by atoms with Gasteiger partial charge in [0, 0.05) is 0 Å². The van der Waals surface area contributed by atoms with E-state index in [1.807, 2.05) is 0 Å². The zero-order valence-corrected chi connectivity index (χ0v) is 16.8. The summed E-state index contributed by atoms with van der Waals surface area (Å²) < 4.78 is 3.01. The fourth-order valence-electron chi connectivity index (χ4n) is 4.90. The number of fused-ring (bicyclic) bond motifs is 5. The maximum absolute atomic E-state index is 2.45. The van der Waals surface area contributed by atoms with Gasteiger partial charge in [0.1, 0.15) is 0 Å². The van der Waals surface area contributed by atoms with Gasteiger partial charge >= 0.3 is 168 Å². The Morgan fingerprint density at radius 3 is 1.93 bits per heavy atom. The molecule has 6 aromatic carbocycles. The first-order valence-electron chi connectivity index (χ1n) is 9.62. The molecule has 0 unspecified atom stereocenters. The Morgan fingerprint density at radius 2 is 1.07 bits per heavy atom. The van der Waals surface area contributed by atoms with Crippen LogP contribution >= 0.6 is 0 Å². The average Bonchev–Trinajstić information content (AvgIpc) is 2.75. The molecule has 0 aliphatic carbocycles. The van der Waals surface area contributed by atoms with E-state index in [9.17, 15) is 0 Å². The molecule has 1 aromatic heterocycles. The third kappa shape index (κ3) is 1.83. The molecule has 0 N–H and O–H groups in total.